The van der Waals surface area contributed by atoms with Crippen LogP contribution in [0.5, 0.6) is 5.75 Å². The summed E-state index contributed by atoms with van der Waals surface area (Å²) in [6.07, 6.45) is 0. The first-order valence-electron chi connectivity index (χ1n) is 16.7. The van der Waals surface area contributed by atoms with Gasteiger partial charge in [0.15, 0.2) is 0 Å². The predicted octanol–water partition coefficient (Wildman–Crippen LogP) is 11.1. The molecular weight excluding hydrogens is 620 g/mol. The third-order valence-electron chi connectivity index (χ3n) is 8.92. The second kappa shape index (κ2) is 12.9. The largest absolute Gasteiger partial charge is 0.497 e. The molecule has 0 aliphatic rings. The quantitative estimate of drug-likeness (QED) is 0.168. The van der Waals surface area contributed by atoms with Crippen molar-refractivity contribution in [1.82, 2.24) is 20.4 Å². The Bertz CT molecular complexity index is 2080. The minimum absolute atomic E-state index is 0.0792. The number of hydrogen-bond donors (Lipinski definition) is 0. The molecule has 0 fully saturated rings. The van der Waals surface area contributed by atoms with E-state index in [0.29, 0.717) is 23.6 Å². The molecule has 0 N–H and O–H groups in total. The zero-order chi connectivity index (χ0) is 35.0. The number of ether oxygens (including phenoxy) is 1. The van der Waals surface area contributed by atoms with Crippen LogP contribution >= 0.6 is 0 Å². The molecule has 5 aromatic carbocycles. The van der Waals surface area contributed by atoms with Gasteiger partial charge in [0.2, 0.25) is 23.6 Å². The molecule has 250 valence electrons. The van der Waals surface area contributed by atoms with Crippen molar-refractivity contribution >= 4 is 0 Å². The Morgan fingerprint density at radius 3 is 0.940 bits per heavy atom. The lowest BCUT2D eigenvalue weighted by atomic mass is 9.87. The van der Waals surface area contributed by atoms with E-state index in [1.54, 1.807) is 7.11 Å². The van der Waals surface area contributed by atoms with E-state index in [1.165, 1.54) is 11.1 Å². The smallest absolute Gasteiger partial charge is 0.248 e. The molecule has 0 radical (unpaired) electrons. The molecule has 0 unspecified atom stereocenters. The summed E-state index contributed by atoms with van der Waals surface area (Å²) in [7, 11) is 1.68. The first-order chi connectivity index (χ1) is 23.9. The zero-order valence-electron chi connectivity index (χ0n) is 29.5. The Morgan fingerprint density at radius 2 is 0.660 bits per heavy atom. The Morgan fingerprint density at radius 1 is 0.380 bits per heavy atom. The molecule has 7 nitrogen and oxygen atoms in total. The zero-order valence-corrected chi connectivity index (χ0v) is 29.5. The molecule has 0 aliphatic heterocycles. The van der Waals surface area contributed by atoms with Crippen LogP contribution in [-0.2, 0) is 10.8 Å². The molecule has 2 heterocycles. The van der Waals surface area contributed by atoms with Gasteiger partial charge in [-0.1, -0.05) is 90.1 Å². The minimum atomic E-state index is 0.0792. The molecule has 0 saturated heterocycles. The molecule has 0 saturated carbocycles. The molecule has 0 atom stereocenters. The highest BCUT2D eigenvalue weighted by Crippen LogP contribution is 2.35. The highest BCUT2D eigenvalue weighted by Gasteiger charge is 2.17. The van der Waals surface area contributed by atoms with Crippen LogP contribution in [-0.4, -0.2) is 27.5 Å². The Hall–Kier alpha value is -5.82. The van der Waals surface area contributed by atoms with Gasteiger partial charge in [-0.2, -0.15) is 0 Å². The van der Waals surface area contributed by atoms with Crippen LogP contribution in [0.15, 0.2) is 124 Å². The van der Waals surface area contributed by atoms with Gasteiger partial charge in [-0.3, -0.25) is 0 Å². The second-order valence-electron chi connectivity index (χ2n) is 14.6. The van der Waals surface area contributed by atoms with Gasteiger partial charge < -0.3 is 13.6 Å². The van der Waals surface area contributed by atoms with Crippen molar-refractivity contribution in [3.8, 4) is 73.8 Å². The molecule has 0 spiro atoms. The summed E-state index contributed by atoms with van der Waals surface area (Å²) in [4.78, 5) is 0. The SMILES string of the molecule is COc1cc(-c2ccc(-c3nnc(-c4ccc(C(C)(C)C)cc4)o3)cc2)cc(-c2ccc(-c3nnc(-c4ccc(C(C)(C)C)cc4)o3)cc2)c1. The van der Waals surface area contributed by atoms with Crippen LogP contribution in [0.25, 0.3) is 68.1 Å². The van der Waals surface area contributed by atoms with E-state index < -0.39 is 0 Å². The van der Waals surface area contributed by atoms with Crippen LogP contribution in [0, 0.1) is 0 Å². The van der Waals surface area contributed by atoms with Gasteiger partial charge in [0.1, 0.15) is 5.75 Å². The van der Waals surface area contributed by atoms with Crippen LogP contribution in [0.4, 0.5) is 0 Å². The lowest BCUT2D eigenvalue weighted by molar-refractivity contribution is 0.415. The molecule has 0 amide bonds. The van der Waals surface area contributed by atoms with E-state index in [9.17, 15) is 0 Å². The van der Waals surface area contributed by atoms with Gasteiger partial charge in [0.25, 0.3) is 0 Å². The van der Waals surface area contributed by atoms with Gasteiger partial charge in [0, 0.05) is 22.3 Å². The van der Waals surface area contributed by atoms with Crippen LogP contribution in [0.2, 0.25) is 0 Å². The maximum Gasteiger partial charge on any atom is 0.248 e. The molecule has 2 aromatic heterocycles. The average molecular weight is 661 g/mol. The number of benzene rings is 5. The Labute approximate surface area is 293 Å². The predicted molar refractivity (Wildman–Crippen MR) is 199 cm³/mol. The molecule has 0 aliphatic carbocycles. The minimum Gasteiger partial charge on any atom is -0.497 e. The van der Waals surface area contributed by atoms with E-state index >= 15 is 0 Å². The van der Waals surface area contributed by atoms with Crippen molar-refractivity contribution in [3.63, 3.8) is 0 Å². The normalized spacial score (nSPS) is 11.9. The lowest BCUT2D eigenvalue weighted by Gasteiger charge is -2.18. The van der Waals surface area contributed by atoms with E-state index in [4.69, 9.17) is 13.6 Å². The lowest BCUT2D eigenvalue weighted by Crippen LogP contribution is -2.10. The van der Waals surface area contributed by atoms with Crippen molar-refractivity contribution < 1.29 is 13.6 Å². The summed E-state index contributed by atoms with van der Waals surface area (Å²) >= 11 is 0. The third kappa shape index (κ3) is 6.85. The summed E-state index contributed by atoms with van der Waals surface area (Å²) in [5, 5.41) is 17.3. The number of aromatic nitrogens is 4. The first kappa shape index (κ1) is 32.7. The van der Waals surface area contributed by atoms with Crippen molar-refractivity contribution in [3.05, 3.63) is 126 Å². The number of hydrogen-bond acceptors (Lipinski definition) is 7. The Balaban J connectivity index is 1.09. The summed E-state index contributed by atoms with van der Waals surface area (Å²) in [5.74, 6) is 2.72. The van der Waals surface area contributed by atoms with E-state index in [1.807, 2.05) is 60.7 Å². The van der Waals surface area contributed by atoms with Crippen LogP contribution < -0.4 is 4.74 Å². The summed E-state index contributed by atoms with van der Waals surface area (Å²) < 4.78 is 17.8. The van der Waals surface area contributed by atoms with Gasteiger partial charge in [-0.05, 0) is 111 Å². The number of methoxy groups -OCH3 is 1. The first-order valence-corrected chi connectivity index (χ1v) is 16.7. The van der Waals surface area contributed by atoms with Crippen molar-refractivity contribution in [2.45, 2.75) is 52.4 Å². The van der Waals surface area contributed by atoms with Gasteiger partial charge in [-0.25, -0.2) is 0 Å². The fourth-order valence-corrected chi connectivity index (χ4v) is 5.80. The second-order valence-corrected chi connectivity index (χ2v) is 14.6. The summed E-state index contributed by atoms with van der Waals surface area (Å²) in [6, 6.07) is 39.0. The van der Waals surface area contributed by atoms with E-state index in [-0.39, 0.29) is 10.8 Å². The van der Waals surface area contributed by atoms with E-state index in [2.05, 4.69) is 117 Å². The molecule has 0 bridgehead atoms. The maximum absolute atomic E-state index is 6.06. The summed E-state index contributed by atoms with van der Waals surface area (Å²) in [6.45, 7) is 13.2. The molecule has 7 aromatic rings. The topological polar surface area (TPSA) is 87.1 Å². The number of nitrogens with zero attached hydrogens (tertiary/aromatic N) is 4. The summed E-state index contributed by atoms with van der Waals surface area (Å²) in [5.41, 5.74) is 10.3. The van der Waals surface area contributed by atoms with Crippen LogP contribution in [0.1, 0.15) is 52.7 Å². The number of rotatable bonds is 7. The average Bonchev–Trinajstić information content (AvgIpc) is 3.83. The van der Waals surface area contributed by atoms with Gasteiger partial charge >= 0.3 is 0 Å². The Kier molecular flexibility index (Phi) is 8.44. The molecule has 7 heteroatoms. The van der Waals surface area contributed by atoms with Gasteiger partial charge in [-0.15, -0.1) is 20.4 Å². The standard InChI is InChI=1S/C43H40N4O3/c1-42(2,3)35-20-16-31(17-21-35)40-46-44-38(49-40)29-12-8-27(9-13-29)33-24-34(26-37(25-33)48-7)28-10-14-30(15-11-28)39-45-47-41(50-39)32-18-22-36(23-19-32)43(4,5)6/h8-26H,1-7H3. The molecule has 7 rings (SSSR count). The fraction of sp³-hybridized carbons (Fsp3) is 0.209. The molecular formula is C43H40N4O3. The highest BCUT2D eigenvalue weighted by molar-refractivity contribution is 5.77. The van der Waals surface area contributed by atoms with Crippen molar-refractivity contribution in [2.75, 3.05) is 7.11 Å². The molecule has 50 heavy (non-hydrogen) atoms. The monoisotopic (exact) mass is 660 g/mol. The van der Waals surface area contributed by atoms with Crippen molar-refractivity contribution in [2.24, 2.45) is 0 Å². The maximum atomic E-state index is 6.06. The van der Waals surface area contributed by atoms with Gasteiger partial charge in [0.05, 0.1) is 7.11 Å². The van der Waals surface area contributed by atoms with Crippen molar-refractivity contribution in [1.29, 1.82) is 0 Å². The van der Waals surface area contributed by atoms with E-state index in [0.717, 1.165) is 50.3 Å². The van der Waals surface area contributed by atoms with Crippen LogP contribution in [0.3, 0.4) is 0 Å². The third-order valence-corrected chi connectivity index (χ3v) is 8.92. The fourth-order valence-electron chi connectivity index (χ4n) is 5.80. The highest BCUT2D eigenvalue weighted by atomic mass is 16.5.